The first kappa shape index (κ1) is 17.9. The molecule has 1 aliphatic carbocycles. The van der Waals surface area contributed by atoms with Crippen molar-refractivity contribution in [1.29, 1.82) is 5.26 Å². The third-order valence-corrected chi connectivity index (χ3v) is 4.21. The van der Waals surface area contributed by atoms with Crippen molar-refractivity contribution in [2.45, 2.75) is 77.0 Å². The van der Waals surface area contributed by atoms with Crippen molar-refractivity contribution < 1.29 is 9.90 Å². The van der Waals surface area contributed by atoms with Crippen molar-refractivity contribution >= 4 is 5.91 Å². The van der Waals surface area contributed by atoms with E-state index in [0.29, 0.717) is 13.1 Å². The van der Waals surface area contributed by atoms with Gasteiger partial charge in [0.05, 0.1) is 17.7 Å². The Labute approximate surface area is 128 Å². The number of aliphatic hydroxyl groups is 1. The average Bonchev–Trinajstić information content (AvgIpc) is 2.44. The van der Waals surface area contributed by atoms with E-state index in [-0.39, 0.29) is 11.9 Å². The molecule has 2 N–H and O–H groups in total. The molecule has 0 radical (unpaired) electrons. The number of rotatable bonds is 6. The van der Waals surface area contributed by atoms with Gasteiger partial charge in [-0.25, -0.2) is 0 Å². The molecule has 0 aliphatic heterocycles. The van der Waals surface area contributed by atoms with Gasteiger partial charge >= 0.3 is 0 Å². The number of nitrogens with zero attached hydrogens (tertiary/aromatic N) is 2. The number of likely N-dealkylation sites (N-methyl/N-ethyl adjacent to an activating group) is 1. The molecule has 0 spiro atoms. The zero-order valence-electron chi connectivity index (χ0n) is 13.8. The summed E-state index contributed by atoms with van der Waals surface area (Å²) < 4.78 is 0. The monoisotopic (exact) mass is 295 g/mol. The van der Waals surface area contributed by atoms with Gasteiger partial charge in [0.2, 0.25) is 5.91 Å². The van der Waals surface area contributed by atoms with Crippen molar-refractivity contribution in [1.82, 2.24) is 10.2 Å². The average molecular weight is 295 g/mol. The number of hydrogen-bond donors (Lipinski definition) is 2. The van der Waals surface area contributed by atoms with Gasteiger partial charge in [0.15, 0.2) is 0 Å². The van der Waals surface area contributed by atoms with Gasteiger partial charge in [-0.2, -0.15) is 5.26 Å². The van der Waals surface area contributed by atoms with Crippen LogP contribution in [0.1, 0.15) is 59.8 Å². The molecule has 0 saturated heterocycles. The van der Waals surface area contributed by atoms with E-state index in [2.05, 4.69) is 11.4 Å². The summed E-state index contributed by atoms with van der Waals surface area (Å²) in [6.07, 6.45) is 4.58. The van der Waals surface area contributed by atoms with E-state index in [1.807, 2.05) is 18.7 Å². The molecule has 5 heteroatoms. The van der Waals surface area contributed by atoms with Crippen LogP contribution in [0.4, 0.5) is 0 Å². The largest absolute Gasteiger partial charge is 0.389 e. The van der Waals surface area contributed by atoms with Gasteiger partial charge in [-0.3, -0.25) is 9.69 Å². The molecule has 21 heavy (non-hydrogen) atoms. The Balaban J connectivity index is 2.70. The van der Waals surface area contributed by atoms with Gasteiger partial charge in [-0.1, -0.05) is 26.2 Å². The second-order valence-electron chi connectivity index (χ2n) is 6.80. The van der Waals surface area contributed by atoms with Crippen LogP contribution in [0.15, 0.2) is 0 Å². The molecule has 1 rings (SSSR count). The quantitative estimate of drug-likeness (QED) is 0.783. The maximum absolute atomic E-state index is 12.5. The summed E-state index contributed by atoms with van der Waals surface area (Å²) >= 11 is 0. The van der Waals surface area contributed by atoms with Crippen LogP contribution in [-0.2, 0) is 4.79 Å². The minimum absolute atomic E-state index is 0.121. The summed E-state index contributed by atoms with van der Waals surface area (Å²) in [5, 5.41) is 22.3. The van der Waals surface area contributed by atoms with Crippen LogP contribution < -0.4 is 5.32 Å². The number of nitriles is 1. The fraction of sp³-hybridized carbons (Fsp3) is 0.875. The van der Waals surface area contributed by atoms with E-state index in [9.17, 15) is 15.2 Å². The second-order valence-corrected chi connectivity index (χ2v) is 6.80. The number of hydrogen-bond acceptors (Lipinski definition) is 4. The fourth-order valence-electron chi connectivity index (χ4n) is 2.95. The minimum atomic E-state index is -0.845. The maximum atomic E-state index is 12.5. The van der Waals surface area contributed by atoms with Crippen molar-refractivity contribution in [3.8, 4) is 6.07 Å². The first-order chi connectivity index (χ1) is 9.73. The smallest absolute Gasteiger partial charge is 0.238 e. The van der Waals surface area contributed by atoms with Crippen molar-refractivity contribution in [2.24, 2.45) is 0 Å². The first-order valence-corrected chi connectivity index (χ1v) is 7.93. The van der Waals surface area contributed by atoms with E-state index in [0.717, 1.165) is 32.1 Å². The van der Waals surface area contributed by atoms with Crippen molar-refractivity contribution in [3.63, 3.8) is 0 Å². The van der Waals surface area contributed by atoms with Crippen LogP contribution in [0, 0.1) is 11.3 Å². The lowest BCUT2D eigenvalue weighted by Gasteiger charge is -2.36. The summed E-state index contributed by atoms with van der Waals surface area (Å²) in [4.78, 5) is 14.4. The number of amides is 1. The predicted octanol–water partition coefficient (Wildman–Crippen LogP) is 1.81. The minimum Gasteiger partial charge on any atom is -0.389 e. The third-order valence-electron chi connectivity index (χ3n) is 4.21. The molecule has 0 bridgehead atoms. The standard InChI is InChI=1S/C16H29N3O2/c1-5-19(12-15(3,4)21)13(2)14(20)18-16(11-17)9-7-6-8-10-16/h13,21H,5-10,12H2,1-4H3,(H,18,20). The Morgan fingerprint density at radius 1 is 1.43 bits per heavy atom. The normalized spacial score (nSPS) is 19.9. The molecule has 120 valence electrons. The molecule has 0 aromatic rings. The summed E-state index contributed by atoms with van der Waals surface area (Å²) in [6, 6.07) is 1.96. The number of carbonyl (C=O) groups is 1. The van der Waals surface area contributed by atoms with E-state index >= 15 is 0 Å². The Morgan fingerprint density at radius 2 is 2.00 bits per heavy atom. The van der Waals surface area contributed by atoms with Crippen LogP contribution in [-0.4, -0.2) is 46.2 Å². The molecule has 1 saturated carbocycles. The lowest BCUT2D eigenvalue weighted by Crippen LogP contribution is -2.56. The van der Waals surface area contributed by atoms with Crippen LogP contribution in [0.25, 0.3) is 0 Å². The Kier molecular flexibility index (Phi) is 6.18. The Morgan fingerprint density at radius 3 is 2.43 bits per heavy atom. The molecule has 1 aliphatic rings. The van der Waals surface area contributed by atoms with E-state index in [4.69, 9.17) is 0 Å². The van der Waals surface area contributed by atoms with Gasteiger partial charge in [0.25, 0.3) is 0 Å². The summed E-state index contributed by atoms with van der Waals surface area (Å²) in [5.74, 6) is -0.121. The third kappa shape index (κ3) is 5.29. The van der Waals surface area contributed by atoms with Crippen molar-refractivity contribution in [2.75, 3.05) is 13.1 Å². The Bertz CT molecular complexity index is 389. The first-order valence-electron chi connectivity index (χ1n) is 7.93. The molecule has 1 fully saturated rings. The van der Waals surface area contributed by atoms with Crippen LogP contribution in [0.3, 0.4) is 0 Å². The molecule has 1 atom stereocenters. The van der Waals surface area contributed by atoms with Gasteiger partial charge in [0.1, 0.15) is 5.54 Å². The lowest BCUT2D eigenvalue weighted by atomic mass is 9.82. The Hall–Kier alpha value is -1.12. The number of carbonyl (C=O) groups excluding carboxylic acids is 1. The topological polar surface area (TPSA) is 76.4 Å². The number of nitrogens with one attached hydrogen (secondary N) is 1. The van der Waals surface area contributed by atoms with Gasteiger partial charge in [0, 0.05) is 6.54 Å². The van der Waals surface area contributed by atoms with Crippen LogP contribution >= 0.6 is 0 Å². The molecular weight excluding hydrogens is 266 g/mol. The maximum Gasteiger partial charge on any atom is 0.238 e. The van der Waals surface area contributed by atoms with E-state index in [1.54, 1.807) is 13.8 Å². The zero-order chi connectivity index (χ0) is 16.1. The molecule has 1 unspecified atom stereocenters. The molecule has 1 amide bonds. The molecule has 0 aromatic heterocycles. The van der Waals surface area contributed by atoms with Gasteiger partial charge in [-0.15, -0.1) is 0 Å². The lowest BCUT2D eigenvalue weighted by molar-refractivity contribution is -0.128. The fourth-order valence-corrected chi connectivity index (χ4v) is 2.95. The van der Waals surface area contributed by atoms with Gasteiger partial charge < -0.3 is 10.4 Å². The SMILES string of the molecule is CCN(CC(C)(C)O)C(C)C(=O)NC1(C#N)CCCCC1. The highest BCUT2D eigenvalue weighted by Crippen LogP contribution is 2.27. The molecule has 5 nitrogen and oxygen atoms in total. The highest BCUT2D eigenvalue weighted by molar-refractivity contribution is 5.82. The van der Waals surface area contributed by atoms with E-state index in [1.165, 1.54) is 0 Å². The molecular formula is C16H29N3O2. The zero-order valence-corrected chi connectivity index (χ0v) is 13.8. The molecule has 0 heterocycles. The van der Waals surface area contributed by atoms with Crippen LogP contribution in [0.2, 0.25) is 0 Å². The summed E-state index contributed by atoms with van der Waals surface area (Å²) in [5.41, 5.74) is -1.54. The molecule has 0 aromatic carbocycles. The van der Waals surface area contributed by atoms with Gasteiger partial charge in [-0.05, 0) is 40.2 Å². The summed E-state index contributed by atoms with van der Waals surface area (Å²) in [6.45, 7) is 8.38. The van der Waals surface area contributed by atoms with Crippen molar-refractivity contribution in [3.05, 3.63) is 0 Å². The van der Waals surface area contributed by atoms with E-state index < -0.39 is 11.1 Å². The second kappa shape index (κ2) is 7.24. The highest BCUT2D eigenvalue weighted by atomic mass is 16.3. The highest BCUT2D eigenvalue weighted by Gasteiger charge is 2.36. The van der Waals surface area contributed by atoms with Crippen LogP contribution in [0.5, 0.6) is 0 Å². The summed E-state index contributed by atoms with van der Waals surface area (Å²) in [7, 11) is 0. The predicted molar refractivity (Wildman–Crippen MR) is 82.6 cm³/mol.